The lowest BCUT2D eigenvalue weighted by Gasteiger charge is -2.07. The third-order valence-electron chi connectivity index (χ3n) is 3.71. The summed E-state index contributed by atoms with van der Waals surface area (Å²) in [5.41, 5.74) is 3.16. The number of hydrogen-bond donors (Lipinski definition) is 0. The predicted octanol–water partition coefficient (Wildman–Crippen LogP) is 3.87. The van der Waals surface area contributed by atoms with E-state index in [0.717, 1.165) is 11.3 Å². The predicted molar refractivity (Wildman–Crippen MR) is 92.7 cm³/mol. The van der Waals surface area contributed by atoms with E-state index in [-0.39, 0.29) is 0 Å². The molecule has 0 saturated carbocycles. The molecule has 0 fully saturated rings. The van der Waals surface area contributed by atoms with E-state index in [0.29, 0.717) is 28.7 Å². The number of benzene rings is 1. The lowest BCUT2D eigenvalue weighted by atomic mass is 10.1. The maximum absolute atomic E-state index is 5.44. The first-order valence-electron chi connectivity index (χ1n) is 7.70. The second-order valence-electron chi connectivity index (χ2n) is 5.27. The minimum Gasteiger partial charge on any atom is -0.496 e. The molecule has 0 atom stereocenters. The van der Waals surface area contributed by atoms with Crippen molar-refractivity contribution in [3.63, 3.8) is 0 Å². The zero-order chi connectivity index (χ0) is 17.1. The van der Waals surface area contributed by atoms with E-state index >= 15 is 0 Å². The van der Waals surface area contributed by atoms with Crippen molar-refractivity contribution in [3.8, 4) is 40.0 Å². The van der Waals surface area contributed by atoms with Crippen LogP contribution in [0.2, 0.25) is 0 Å². The highest BCUT2D eigenvalue weighted by atomic mass is 16.5. The van der Waals surface area contributed by atoms with E-state index in [4.69, 9.17) is 9.26 Å². The van der Waals surface area contributed by atoms with Gasteiger partial charge in [0.1, 0.15) is 11.4 Å². The van der Waals surface area contributed by atoms with Gasteiger partial charge in [-0.1, -0.05) is 17.3 Å². The highest BCUT2D eigenvalue weighted by Crippen LogP contribution is 2.33. The van der Waals surface area contributed by atoms with Crippen LogP contribution >= 0.6 is 0 Å². The summed E-state index contributed by atoms with van der Waals surface area (Å²) < 4.78 is 10.9. The second kappa shape index (κ2) is 6.52. The molecule has 25 heavy (non-hydrogen) atoms. The third kappa shape index (κ3) is 2.97. The first kappa shape index (κ1) is 15.0. The Morgan fingerprint density at radius 3 is 2.32 bits per heavy atom. The quantitative estimate of drug-likeness (QED) is 0.565. The van der Waals surface area contributed by atoms with Crippen LogP contribution in [0.25, 0.3) is 34.2 Å². The molecule has 0 saturated heterocycles. The van der Waals surface area contributed by atoms with Crippen LogP contribution in [0.3, 0.4) is 0 Å². The smallest absolute Gasteiger partial charge is 0.262 e. The van der Waals surface area contributed by atoms with Crippen molar-refractivity contribution in [3.05, 3.63) is 67.0 Å². The van der Waals surface area contributed by atoms with E-state index in [1.165, 1.54) is 0 Å². The van der Waals surface area contributed by atoms with Crippen molar-refractivity contribution in [2.75, 3.05) is 7.11 Å². The SMILES string of the molecule is COc1ccc(-c2ccccn2)cc1-c1nc(-c2ccccn2)no1. The van der Waals surface area contributed by atoms with E-state index in [2.05, 4.69) is 20.1 Å². The van der Waals surface area contributed by atoms with Crippen LogP contribution in [0.15, 0.2) is 71.5 Å². The Kier molecular flexibility index (Phi) is 3.92. The van der Waals surface area contributed by atoms with Gasteiger partial charge >= 0.3 is 0 Å². The molecular weight excluding hydrogens is 316 g/mol. The first-order valence-corrected chi connectivity index (χ1v) is 7.70. The van der Waals surface area contributed by atoms with Gasteiger partial charge in [-0.2, -0.15) is 4.98 Å². The molecule has 4 aromatic rings. The number of pyridine rings is 2. The molecule has 0 amide bonds. The van der Waals surface area contributed by atoms with Crippen LogP contribution in [0.1, 0.15) is 0 Å². The molecule has 122 valence electrons. The van der Waals surface area contributed by atoms with Crippen LogP contribution in [-0.2, 0) is 0 Å². The molecule has 6 heteroatoms. The number of aromatic nitrogens is 4. The van der Waals surface area contributed by atoms with E-state index in [1.54, 1.807) is 19.5 Å². The minimum absolute atomic E-state index is 0.371. The zero-order valence-electron chi connectivity index (χ0n) is 13.5. The topological polar surface area (TPSA) is 73.9 Å². The normalized spacial score (nSPS) is 10.6. The fourth-order valence-corrected chi connectivity index (χ4v) is 2.50. The van der Waals surface area contributed by atoms with Crippen molar-refractivity contribution >= 4 is 0 Å². The van der Waals surface area contributed by atoms with Crippen LogP contribution in [0.4, 0.5) is 0 Å². The molecule has 0 aliphatic heterocycles. The Hall–Kier alpha value is -3.54. The van der Waals surface area contributed by atoms with Gasteiger partial charge in [0.15, 0.2) is 0 Å². The molecule has 0 radical (unpaired) electrons. The van der Waals surface area contributed by atoms with Crippen molar-refractivity contribution < 1.29 is 9.26 Å². The van der Waals surface area contributed by atoms with E-state index in [1.807, 2.05) is 54.6 Å². The lowest BCUT2D eigenvalue weighted by Crippen LogP contribution is -1.91. The largest absolute Gasteiger partial charge is 0.496 e. The summed E-state index contributed by atoms with van der Waals surface area (Å²) in [7, 11) is 1.61. The van der Waals surface area contributed by atoms with Gasteiger partial charge in [0.2, 0.25) is 5.82 Å². The van der Waals surface area contributed by atoms with Crippen LogP contribution < -0.4 is 4.74 Å². The highest BCUT2D eigenvalue weighted by molar-refractivity contribution is 5.73. The molecule has 0 spiro atoms. The van der Waals surface area contributed by atoms with Gasteiger partial charge in [-0.15, -0.1) is 0 Å². The summed E-state index contributed by atoms with van der Waals surface area (Å²) in [5, 5.41) is 4.02. The Balaban J connectivity index is 1.78. The van der Waals surface area contributed by atoms with Gasteiger partial charge in [0.25, 0.3) is 5.89 Å². The molecule has 0 N–H and O–H groups in total. The Labute approximate surface area is 144 Å². The Morgan fingerprint density at radius 1 is 0.880 bits per heavy atom. The lowest BCUT2D eigenvalue weighted by molar-refractivity contribution is 0.405. The first-order chi connectivity index (χ1) is 12.3. The van der Waals surface area contributed by atoms with Gasteiger partial charge in [-0.05, 0) is 42.5 Å². The van der Waals surface area contributed by atoms with Crippen molar-refractivity contribution in [2.24, 2.45) is 0 Å². The summed E-state index contributed by atoms with van der Waals surface area (Å²) in [5.74, 6) is 1.45. The van der Waals surface area contributed by atoms with Crippen LogP contribution in [-0.4, -0.2) is 27.2 Å². The average molecular weight is 330 g/mol. The molecule has 0 aliphatic carbocycles. The molecule has 4 rings (SSSR count). The Bertz CT molecular complexity index is 985. The van der Waals surface area contributed by atoms with Gasteiger partial charge in [0.05, 0.1) is 18.4 Å². The molecule has 6 nitrogen and oxygen atoms in total. The fraction of sp³-hybridized carbons (Fsp3) is 0.0526. The van der Waals surface area contributed by atoms with Crippen molar-refractivity contribution in [1.29, 1.82) is 0 Å². The van der Waals surface area contributed by atoms with Crippen LogP contribution in [0.5, 0.6) is 5.75 Å². The van der Waals surface area contributed by atoms with E-state index < -0.39 is 0 Å². The second-order valence-corrected chi connectivity index (χ2v) is 5.27. The third-order valence-corrected chi connectivity index (χ3v) is 3.71. The van der Waals surface area contributed by atoms with Gasteiger partial charge in [-0.25, -0.2) is 0 Å². The molecule has 0 aliphatic rings. The molecule has 1 aromatic carbocycles. The number of rotatable bonds is 4. The number of hydrogen-bond acceptors (Lipinski definition) is 6. The summed E-state index contributed by atoms with van der Waals surface area (Å²) in [6.07, 6.45) is 3.44. The van der Waals surface area contributed by atoms with Gasteiger partial charge in [0, 0.05) is 18.0 Å². The maximum Gasteiger partial charge on any atom is 0.262 e. The summed E-state index contributed by atoms with van der Waals surface area (Å²) in [6.45, 7) is 0. The number of ether oxygens (including phenoxy) is 1. The molecule has 3 heterocycles. The monoisotopic (exact) mass is 330 g/mol. The summed E-state index contributed by atoms with van der Waals surface area (Å²) in [4.78, 5) is 13.1. The zero-order valence-corrected chi connectivity index (χ0v) is 13.5. The molecule has 0 bridgehead atoms. The van der Waals surface area contributed by atoms with Crippen molar-refractivity contribution in [1.82, 2.24) is 20.1 Å². The number of methoxy groups -OCH3 is 1. The molecule has 0 unspecified atom stereocenters. The summed E-state index contributed by atoms with van der Waals surface area (Å²) >= 11 is 0. The van der Waals surface area contributed by atoms with Gasteiger partial charge < -0.3 is 9.26 Å². The number of nitrogens with zero attached hydrogens (tertiary/aromatic N) is 4. The van der Waals surface area contributed by atoms with Crippen LogP contribution in [0, 0.1) is 0 Å². The summed E-state index contributed by atoms with van der Waals surface area (Å²) in [6, 6.07) is 17.0. The molecular formula is C19H14N4O2. The fourth-order valence-electron chi connectivity index (χ4n) is 2.50. The standard InChI is InChI=1S/C19H14N4O2/c1-24-17-9-8-13(15-6-2-4-10-20-15)12-14(17)19-22-18(23-25-19)16-7-3-5-11-21-16/h2-12H,1H3. The molecule has 3 aromatic heterocycles. The Morgan fingerprint density at radius 2 is 1.64 bits per heavy atom. The maximum atomic E-state index is 5.44. The van der Waals surface area contributed by atoms with Gasteiger partial charge in [-0.3, -0.25) is 9.97 Å². The van der Waals surface area contributed by atoms with Crippen molar-refractivity contribution in [2.45, 2.75) is 0 Å². The minimum atomic E-state index is 0.371. The van der Waals surface area contributed by atoms with E-state index in [9.17, 15) is 0 Å². The highest BCUT2D eigenvalue weighted by Gasteiger charge is 2.16. The average Bonchev–Trinajstić information content (AvgIpc) is 3.19.